The lowest BCUT2D eigenvalue weighted by Gasteiger charge is -2.25. The van der Waals surface area contributed by atoms with Gasteiger partial charge in [0.2, 0.25) is 11.9 Å². The Hall–Kier alpha value is -1.69. The van der Waals surface area contributed by atoms with E-state index in [4.69, 9.17) is 4.74 Å². The van der Waals surface area contributed by atoms with Crippen molar-refractivity contribution in [2.24, 2.45) is 11.3 Å². The molecular weight excluding hydrogens is 328 g/mol. The molecule has 0 aromatic carbocycles. The molecule has 3 heterocycles. The average molecular weight is 358 g/mol. The molecule has 3 aliphatic rings. The second-order valence-electron chi connectivity index (χ2n) is 8.92. The monoisotopic (exact) mass is 358 g/mol. The average Bonchev–Trinajstić information content (AvgIpc) is 3.28. The largest absolute Gasteiger partial charge is 0.374 e. The highest BCUT2D eigenvalue weighted by Gasteiger charge is 2.40. The van der Waals surface area contributed by atoms with Gasteiger partial charge in [-0.05, 0) is 49.5 Å². The van der Waals surface area contributed by atoms with Gasteiger partial charge in [0.25, 0.3) is 0 Å². The summed E-state index contributed by atoms with van der Waals surface area (Å²) in [4.78, 5) is 23.4. The number of hydrogen-bond acceptors (Lipinski definition) is 5. The lowest BCUT2D eigenvalue weighted by molar-refractivity contribution is -0.123. The summed E-state index contributed by atoms with van der Waals surface area (Å²) < 4.78 is 6.06. The first-order valence-electron chi connectivity index (χ1n) is 9.96. The van der Waals surface area contributed by atoms with Crippen LogP contribution in [0.5, 0.6) is 0 Å². The third kappa shape index (κ3) is 4.17. The van der Waals surface area contributed by atoms with Gasteiger partial charge in [-0.15, -0.1) is 0 Å². The molecule has 4 rings (SSSR count). The summed E-state index contributed by atoms with van der Waals surface area (Å²) in [6.45, 7) is 6.07. The van der Waals surface area contributed by atoms with Gasteiger partial charge in [-0.3, -0.25) is 4.79 Å². The van der Waals surface area contributed by atoms with Crippen LogP contribution in [0.4, 0.5) is 5.95 Å². The Kier molecular flexibility index (Phi) is 4.86. The van der Waals surface area contributed by atoms with E-state index in [0.717, 1.165) is 37.7 Å². The van der Waals surface area contributed by atoms with Crippen molar-refractivity contribution in [1.29, 1.82) is 0 Å². The lowest BCUT2D eigenvalue weighted by Crippen LogP contribution is -2.41. The predicted molar refractivity (Wildman–Crippen MR) is 99.8 cm³/mol. The Bertz CT molecular complexity index is 632. The molecule has 3 fully saturated rings. The van der Waals surface area contributed by atoms with Crippen LogP contribution >= 0.6 is 0 Å². The molecule has 6 nitrogen and oxygen atoms in total. The first-order valence-corrected chi connectivity index (χ1v) is 9.96. The van der Waals surface area contributed by atoms with Crippen molar-refractivity contribution in [2.45, 2.75) is 70.6 Å². The van der Waals surface area contributed by atoms with E-state index in [2.05, 4.69) is 34.0 Å². The maximum absolute atomic E-state index is 12.4. The van der Waals surface area contributed by atoms with Gasteiger partial charge in [-0.25, -0.2) is 9.97 Å². The minimum Gasteiger partial charge on any atom is -0.374 e. The smallest absolute Gasteiger partial charge is 0.225 e. The van der Waals surface area contributed by atoms with Crippen LogP contribution in [0.2, 0.25) is 0 Å². The summed E-state index contributed by atoms with van der Waals surface area (Å²) >= 11 is 0. The Morgan fingerprint density at radius 2 is 2.04 bits per heavy atom. The van der Waals surface area contributed by atoms with Crippen LogP contribution in [0.1, 0.15) is 52.4 Å². The highest BCUT2D eigenvalue weighted by molar-refractivity contribution is 5.76. The Balaban J connectivity index is 1.29. The van der Waals surface area contributed by atoms with Crippen molar-refractivity contribution < 1.29 is 9.53 Å². The van der Waals surface area contributed by atoms with Crippen molar-refractivity contribution in [2.75, 3.05) is 18.0 Å². The maximum Gasteiger partial charge on any atom is 0.225 e. The van der Waals surface area contributed by atoms with Gasteiger partial charge in [0.15, 0.2) is 0 Å². The normalized spacial score (nSPS) is 30.5. The number of carbonyl (C=O) groups excluding carboxylic acids is 1. The Labute approximate surface area is 155 Å². The van der Waals surface area contributed by atoms with Crippen molar-refractivity contribution in [3.63, 3.8) is 0 Å². The number of rotatable bonds is 6. The summed E-state index contributed by atoms with van der Waals surface area (Å²) in [5, 5.41) is 3.13. The molecule has 6 heteroatoms. The first kappa shape index (κ1) is 17.7. The molecule has 0 radical (unpaired) electrons. The van der Waals surface area contributed by atoms with E-state index in [1.54, 1.807) is 12.4 Å². The minimum absolute atomic E-state index is 0.102. The summed E-state index contributed by atoms with van der Waals surface area (Å²) in [5.41, 5.74) is 0.195. The second kappa shape index (κ2) is 7.14. The van der Waals surface area contributed by atoms with Gasteiger partial charge < -0.3 is 15.0 Å². The molecule has 1 N–H and O–H groups in total. The maximum atomic E-state index is 12.4. The van der Waals surface area contributed by atoms with Gasteiger partial charge >= 0.3 is 0 Å². The molecule has 26 heavy (non-hydrogen) atoms. The molecule has 2 aliphatic heterocycles. The highest BCUT2D eigenvalue weighted by Crippen LogP contribution is 2.40. The third-order valence-corrected chi connectivity index (χ3v) is 5.87. The van der Waals surface area contributed by atoms with Gasteiger partial charge in [-0.2, -0.15) is 0 Å². The SMILES string of the molecule is CC1(C)C[C@@H](CNC(=O)CC2CCC(C3CC3)O2)N(c2ncccn2)C1. The minimum atomic E-state index is 0.102. The second-order valence-corrected chi connectivity index (χ2v) is 8.92. The van der Waals surface area contributed by atoms with Crippen LogP contribution in [-0.4, -0.2) is 47.2 Å². The third-order valence-electron chi connectivity index (χ3n) is 5.87. The molecule has 2 saturated heterocycles. The fraction of sp³-hybridized carbons (Fsp3) is 0.750. The molecule has 1 amide bonds. The zero-order chi connectivity index (χ0) is 18.1. The van der Waals surface area contributed by atoms with Crippen molar-refractivity contribution >= 4 is 11.9 Å². The zero-order valence-electron chi connectivity index (χ0n) is 15.9. The Morgan fingerprint density at radius 1 is 1.27 bits per heavy atom. The summed E-state index contributed by atoms with van der Waals surface area (Å²) in [5.74, 6) is 1.62. The summed E-state index contributed by atoms with van der Waals surface area (Å²) in [6.07, 6.45) is 10.3. The number of anilines is 1. The number of hydrogen-bond donors (Lipinski definition) is 1. The van der Waals surface area contributed by atoms with E-state index in [1.165, 1.54) is 12.8 Å². The van der Waals surface area contributed by atoms with Crippen LogP contribution in [-0.2, 0) is 9.53 Å². The number of amides is 1. The van der Waals surface area contributed by atoms with E-state index >= 15 is 0 Å². The van der Waals surface area contributed by atoms with Crippen LogP contribution in [0.15, 0.2) is 18.5 Å². The van der Waals surface area contributed by atoms with E-state index in [-0.39, 0.29) is 23.5 Å². The molecule has 1 aromatic heterocycles. The van der Waals surface area contributed by atoms with Crippen LogP contribution in [0.3, 0.4) is 0 Å². The van der Waals surface area contributed by atoms with Gasteiger partial charge in [0.1, 0.15) is 0 Å². The number of nitrogens with zero attached hydrogens (tertiary/aromatic N) is 3. The van der Waals surface area contributed by atoms with Gasteiger partial charge in [0.05, 0.1) is 18.6 Å². The highest BCUT2D eigenvalue weighted by atomic mass is 16.5. The fourth-order valence-corrected chi connectivity index (χ4v) is 4.47. The molecule has 142 valence electrons. The molecular formula is C20H30N4O2. The summed E-state index contributed by atoms with van der Waals surface area (Å²) in [7, 11) is 0. The van der Waals surface area contributed by atoms with Crippen molar-refractivity contribution in [1.82, 2.24) is 15.3 Å². The molecule has 0 bridgehead atoms. The fourth-order valence-electron chi connectivity index (χ4n) is 4.47. The first-order chi connectivity index (χ1) is 12.5. The predicted octanol–water partition coefficient (Wildman–Crippen LogP) is 2.55. The summed E-state index contributed by atoms with van der Waals surface area (Å²) in [6, 6.07) is 2.07. The van der Waals surface area contributed by atoms with Gasteiger partial charge in [0, 0.05) is 31.5 Å². The van der Waals surface area contributed by atoms with E-state index in [9.17, 15) is 4.79 Å². The van der Waals surface area contributed by atoms with Gasteiger partial charge in [-0.1, -0.05) is 13.8 Å². The molecule has 3 atom stereocenters. The lowest BCUT2D eigenvalue weighted by atomic mass is 9.91. The number of aromatic nitrogens is 2. The molecule has 1 aromatic rings. The quantitative estimate of drug-likeness (QED) is 0.846. The van der Waals surface area contributed by atoms with Crippen molar-refractivity contribution in [3.05, 3.63) is 18.5 Å². The zero-order valence-corrected chi connectivity index (χ0v) is 15.9. The van der Waals surface area contributed by atoms with E-state index < -0.39 is 0 Å². The number of carbonyl (C=O) groups is 1. The molecule has 1 saturated carbocycles. The molecule has 1 aliphatic carbocycles. The number of nitrogens with one attached hydrogen (secondary N) is 1. The standard InChI is InChI=1S/C20H30N4O2/c1-20(2)11-15(24(13-20)19-21-8-3-9-22-19)12-23-18(25)10-16-6-7-17(26-16)14-4-5-14/h3,8-9,14-17H,4-7,10-13H2,1-2H3,(H,23,25)/t15-,16?,17?/m0/s1. The number of ether oxygens (including phenoxy) is 1. The topological polar surface area (TPSA) is 67.3 Å². The van der Waals surface area contributed by atoms with Crippen LogP contribution in [0.25, 0.3) is 0 Å². The van der Waals surface area contributed by atoms with E-state index in [0.29, 0.717) is 19.1 Å². The van der Waals surface area contributed by atoms with Crippen LogP contribution < -0.4 is 10.2 Å². The van der Waals surface area contributed by atoms with Crippen molar-refractivity contribution in [3.8, 4) is 0 Å². The van der Waals surface area contributed by atoms with Crippen LogP contribution in [0, 0.1) is 11.3 Å². The molecule has 0 spiro atoms. The Morgan fingerprint density at radius 3 is 2.77 bits per heavy atom. The molecule has 2 unspecified atom stereocenters. The van der Waals surface area contributed by atoms with E-state index in [1.807, 2.05) is 6.07 Å².